The van der Waals surface area contributed by atoms with Gasteiger partial charge in [0.2, 0.25) is 0 Å². The molecule has 2 saturated heterocycles. The number of hydrogen-bond acceptors (Lipinski definition) is 5. The van der Waals surface area contributed by atoms with Gasteiger partial charge in [-0.3, -0.25) is 4.99 Å². The summed E-state index contributed by atoms with van der Waals surface area (Å²) >= 11 is 3.36. The first-order valence-electron chi connectivity index (χ1n) is 9.24. The van der Waals surface area contributed by atoms with Crippen LogP contribution in [0, 0.1) is 0 Å². The van der Waals surface area contributed by atoms with Crippen molar-refractivity contribution in [3.05, 3.63) is 17.0 Å². The van der Waals surface area contributed by atoms with Gasteiger partial charge in [0, 0.05) is 36.8 Å². The topological polar surface area (TPSA) is 73.8 Å². The molecule has 0 aliphatic carbocycles. The highest BCUT2D eigenvalue weighted by molar-refractivity contribution is 8.00. The summed E-state index contributed by atoms with van der Waals surface area (Å²) < 4.78 is 27.5. The fourth-order valence-corrected chi connectivity index (χ4v) is 7.40. The van der Waals surface area contributed by atoms with Crippen LogP contribution in [0.3, 0.4) is 0 Å². The van der Waals surface area contributed by atoms with Crippen molar-refractivity contribution in [1.82, 2.24) is 14.9 Å². The van der Waals surface area contributed by atoms with Gasteiger partial charge in [0.15, 0.2) is 5.96 Å². The van der Waals surface area contributed by atoms with Crippen LogP contribution >= 0.6 is 23.1 Å². The highest BCUT2D eigenvalue weighted by atomic mass is 32.2. The Labute approximate surface area is 164 Å². The van der Waals surface area contributed by atoms with Crippen LogP contribution in [0.25, 0.3) is 0 Å². The van der Waals surface area contributed by atoms with E-state index in [1.54, 1.807) is 17.4 Å². The number of hydrogen-bond donors (Lipinski definition) is 2. The van der Waals surface area contributed by atoms with Crippen molar-refractivity contribution in [3.8, 4) is 0 Å². The second kappa shape index (κ2) is 9.43. The highest BCUT2D eigenvalue weighted by Crippen LogP contribution is 2.27. The average molecular weight is 417 g/mol. The first-order valence-corrected chi connectivity index (χ1v) is 12.5. The first-order chi connectivity index (χ1) is 12.6. The molecule has 2 aliphatic heterocycles. The Kier molecular flexibility index (Phi) is 7.25. The second-order valence-electron chi connectivity index (χ2n) is 6.63. The lowest BCUT2D eigenvalue weighted by Gasteiger charge is -2.25. The molecule has 0 radical (unpaired) electrons. The SMILES string of the molecule is CN=C(NCc1ccc(S(=O)(=O)N2CCCCC2)s1)NCC1CCCS1. The van der Waals surface area contributed by atoms with Gasteiger partial charge in [0.1, 0.15) is 4.21 Å². The molecule has 1 aromatic rings. The van der Waals surface area contributed by atoms with Crippen molar-refractivity contribution in [2.75, 3.05) is 32.4 Å². The van der Waals surface area contributed by atoms with Crippen LogP contribution in [0.15, 0.2) is 21.3 Å². The van der Waals surface area contributed by atoms with Gasteiger partial charge >= 0.3 is 0 Å². The lowest BCUT2D eigenvalue weighted by atomic mass is 10.2. The molecule has 2 fully saturated rings. The summed E-state index contributed by atoms with van der Waals surface area (Å²) in [7, 11) is -1.57. The molecule has 2 aliphatic rings. The van der Waals surface area contributed by atoms with Gasteiger partial charge in [-0.25, -0.2) is 8.42 Å². The van der Waals surface area contributed by atoms with E-state index in [4.69, 9.17) is 0 Å². The van der Waals surface area contributed by atoms with Crippen LogP contribution in [0.1, 0.15) is 37.0 Å². The van der Waals surface area contributed by atoms with Crippen LogP contribution in [-0.2, 0) is 16.6 Å². The monoisotopic (exact) mass is 416 g/mol. The molecule has 0 spiro atoms. The van der Waals surface area contributed by atoms with E-state index < -0.39 is 10.0 Å². The first kappa shape index (κ1) is 20.0. The van der Waals surface area contributed by atoms with Crippen molar-refractivity contribution in [1.29, 1.82) is 0 Å². The van der Waals surface area contributed by atoms with E-state index in [1.807, 2.05) is 17.8 Å². The second-order valence-corrected chi connectivity index (χ2v) is 11.4. The predicted molar refractivity (Wildman–Crippen MR) is 111 cm³/mol. The number of nitrogens with one attached hydrogen (secondary N) is 2. The fraction of sp³-hybridized carbons (Fsp3) is 0.706. The number of aliphatic imine (C=N–C) groups is 1. The molecule has 1 atom stereocenters. The smallest absolute Gasteiger partial charge is 0.252 e. The number of thiophene rings is 1. The molecule has 3 rings (SSSR count). The Hall–Kier alpha value is -0.770. The van der Waals surface area contributed by atoms with Gasteiger partial charge < -0.3 is 10.6 Å². The van der Waals surface area contributed by atoms with Gasteiger partial charge in [0.05, 0.1) is 6.54 Å². The quantitative estimate of drug-likeness (QED) is 0.551. The third-order valence-corrected chi connectivity index (χ3v) is 9.57. The lowest BCUT2D eigenvalue weighted by Crippen LogP contribution is -2.39. The molecule has 3 heterocycles. The number of piperidine rings is 1. The molecule has 9 heteroatoms. The van der Waals surface area contributed by atoms with Crippen LogP contribution in [0.4, 0.5) is 0 Å². The van der Waals surface area contributed by atoms with Crippen molar-refractivity contribution in [2.45, 2.75) is 48.1 Å². The molecule has 26 heavy (non-hydrogen) atoms. The van der Waals surface area contributed by atoms with Crippen molar-refractivity contribution in [3.63, 3.8) is 0 Å². The summed E-state index contributed by atoms with van der Waals surface area (Å²) in [5.74, 6) is 2.02. The Morgan fingerprint density at radius 1 is 1.23 bits per heavy atom. The van der Waals surface area contributed by atoms with Gasteiger partial charge in [-0.1, -0.05) is 6.42 Å². The van der Waals surface area contributed by atoms with Gasteiger partial charge in [-0.2, -0.15) is 16.1 Å². The van der Waals surface area contributed by atoms with Crippen molar-refractivity contribution in [2.24, 2.45) is 4.99 Å². The van der Waals surface area contributed by atoms with Crippen LogP contribution in [0.5, 0.6) is 0 Å². The molecular formula is C17H28N4O2S3. The summed E-state index contributed by atoms with van der Waals surface area (Å²) in [5, 5.41) is 7.32. The van der Waals surface area contributed by atoms with Crippen LogP contribution in [0.2, 0.25) is 0 Å². The molecule has 1 unspecified atom stereocenters. The van der Waals surface area contributed by atoms with Gasteiger partial charge in [0.25, 0.3) is 10.0 Å². The molecule has 6 nitrogen and oxygen atoms in total. The summed E-state index contributed by atoms with van der Waals surface area (Å²) in [4.78, 5) is 5.26. The molecule has 0 amide bonds. The van der Waals surface area contributed by atoms with Crippen molar-refractivity contribution < 1.29 is 8.42 Å². The zero-order valence-corrected chi connectivity index (χ0v) is 17.7. The number of guanidine groups is 1. The number of thioether (sulfide) groups is 1. The highest BCUT2D eigenvalue weighted by Gasteiger charge is 2.27. The number of rotatable bonds is 6. The van der Waals surface area contributed by atoms with Crippen LogP contribution in [-0.4, -0.2) is 56.4 Å². The molecular weight excluding hydrogens is 388 g/mol. The normalized spacial score (nSPS) is 22.5. The number of sulfonamides is 1. The standard InChI is InChI=1S/C17H28N4O2S3/c1-18-17(19-12-14-6-5-11-24-14)20-13-15-7-8-16(25-15)26(22,23)21-9-3-2-4-10-21/h7-8,14H,2-6,9-13H2,1H3,(H2,18,19,20). The molecule has 0 aromatic carbocycles. The minimum atomic E-state index is -3.33. The van der Waals surface area contributed by atoms with E-state index >= 15 is 0 Å². The molecule has 2 N–H and O–H groups in total. The minimum Gasteiger partial charge on any atom is -0.355 e. The Balaban J connectivity index is 1.52. The maximum Gasteiger partial charge on any atom is 0.252 e. The zero-order chi connectivity index (χ0) is 18.4. The minimum absolute atomic E-state index is 0.446. The Bertz CT molecular complexity index is 705. The lowest BCUT2D eigenvalue weighted by molar-refractivity contribution is 0.347. The summed E-state index contributed by atoms with van der Waals surface area (Å²) in [6.07, 6.45) is 5.60. The maximum absolute atomic E-state index is 12.7. The fourth-order valence-electron chi connectivity index (χ4n) is 3.23. The molecule has 0 bridgehead atoms. The zero-order valence-electron chi connectivity index (χ0n) is 15.2. The third-order valence-electron chi connectivity index (χ3n) is 4.72. The number of nitrogens with zero attached hydrogens (tertiary/aromatic N) is 2. The van der Waals surface area contributed by atoms with E-state index in [1.165, 1.54) is 29.9 Å². The van der Waals surface area contributed by atoms with E-state index in [0.29, 0.717) is 29.1 Å². The molecule has 1 aromatic heterocycles. The third kappa shape index (κ3) is 5.15. The Morgan fingerprint density at radius 2 is 2.04 bits per heavy atom. The van der Waals surface area contributed by atoms with Gasteiger partial charge in [-0.15, -0.1) is 11.3 Å². The largest absolute Gasteiger partial charge is 0.355 e. The van der Waals surface area contributed by atoms with E-state index in [2.05, 4.69) is 15.6 Å². The Morgan fingerprint density at radius 3 is 2.73 bits per heavy atom. The van der Waals surface area contributed by atoms with Crippen LogP contribution < -0.4 is 10.6 Å². The molecule has 146 valence electrons. The summed E-state index contributed by atoms with van der Waals surface area (Å²) in [6.45, 7) is 2.79. The summed E-state index contributed by atoms with van der Waals surface area (Å²) in [6, 6.07) is 3.63. The van der Waals surface area contributed by atoms with E-state index in [-0.39, 0.29) is 0 Å². The van der Waals surface area contributed by atoms with E-state index in [9.17, 15) is 8.42 Å². The maximum atomic E-state index is 12.7. The summed E-state index contributed by atoms with van der Waals surface area (Å²) in [5.41, 5.74) is 0. The van der Waals surface area contributed by atoms with Crippen molar-refractivity contribution >= 4 is 39.1 Å². The molecule has 0 saturated carbocycles. The van der Waals surface area contributed by atoms with E-state index in [0.717, 1.165) is 36.6 Å². The van der Waals surface area contributed by atoms with Gasteiger partial charge in [-0.05, 0) is 43.6 Å². The average Bonchev–Trinajstić information content (AvgIpc) is 3.35. The predicted octanol–water partition coefficient (Wildman–Crippen LogP) is 2.48.